The molecule has 0 aliphatic heterocycles. The summed E-state index contributed by atoms with van der Waals surface area (Å²) in [5.41, 5.74) is 9.22. The van der Waals surface area contributed by atoms with E-state index in [0.717, 1.165) is 140 Å². The van der Waals surface area contributed by atoms with E-state index in [1.807, 2.05) is 55.5 Å². The summed E-state index contributed by atoms with van der Waals surface area (Å²) in [5, 5.41) is 0. The molecule has 690 valence electrons. The molecular weight excluding hydrogens is 1650 g/mol. The number of rotatable bonds is 13. The number of benzene rings is 9. The molecule has 0 amide bonds. The first-order valence-corrected chi connectivity index (χ1v) is 46.6. The summed E-state index contributed by atoms with van der Waals surface area (Å²) in [7, 11) is 6.64. The third-order valence-corrected chi connectivity index (χ3v) is 28.4. The van der Waals surface area contributed by atoms with Crippen LogP contribution in [0.15, 0.2) is 152 Å². The quantitative estimate of drug-likeness (QED) is 0.0850. The molecule has 0 radical (unpaired) electrons. The van der Waals surface area contributed by atoms with E-state index in [4.69, 9.17) is 23.7 Å². The second-order valence-corrected chi connectivity index (χ2v) is 37.3. The highest BCUT2D eigenvalue weighted by Crippen LogP contribution is 2.48. The van der Waals surface area contributed by atoms with Crippen molar-refractivity contribution in [3.8, 4) is 63.6 Å². The lowest BCUT2D eigenvalue weighted by Crippen LogP contribution is -2.25. The van der Waals surface area contributed by atoms with Crippen LogP contribution in [0.1, 0.15) is 293 Å². The average Bonchev–Trinajstić information content (AvgIpc) is 0.814. The predicted octanol–water partition coefficient (Wildman–Crippen LogP) is 31.9. The van der Waals surface area contributed by atoms with Gasteiger partial charge in [0.2, 0.25) is 29.1 Å². The van der Waals surface area contributed by atoms with Crippen molar-refractivity contribution in [2.24, 2.45) is 53.3 Å². The Morgan fingerprint density at radius 2 is 0.566 bits per heavy atom. The highest BCUT2D eigenvalue weighted by Gasteiger charge is 2.34. The van der Waals surface area contributed by atoms with Crippen molar-refractivity contribution in [3.05, 3.63) is 283 Å². The van der Waals surface area contributed by atoms with Gasteiger partial charge in [-0.2, -0.15) is 22.0 Å². The molecule has 129 heavy (non-hydrogen) atoms. The molecule has 7 aliphatic rings. The maximum absolute atomic E-state index is 14.3. The Balaban J connectivity index is 0.000000150. The molecule has 1 unspecified atom stereocenters. The molecule has 0 aromatic heterocycles. The number of aryl methyl sites for hydroxylation is 2. The number of halogens is 12. The molecule has 9 aromatic carbocycles. The monoisotopic (exact) mass is 1780 g/mol. The van der Waals surface area contributed by atoms with Crippen molar-refractivity contribution in [3.63, 3.8) is 0 Å². The van der Waals surface area contributed by atoms with Crippen LogP contribution >= 0.6 is 0 Å². The zero-order valence-corrected chi connectivity index (χ0v) is 77.1. The second-order valence-electron chi connectivity index (χ2n) is 37.3. The maximum Gasteiger partial charge on any atom is 0.201 e. The predicted molar refractivity (Wildman–Crippen MR) is 494 cm³/mol. The minimum absolute atomic E-state index is 0.00346. The van der Waals surface area contributed by atoms with Crippen LogP contribution in [-0.4, -0.2) is 35.5 Å². The van der Waals surface area contributed by atoms with E-state index in [0.29, 0.717) is 45.6 Å². The van der Waals surface area contributed by atoms with E-state index in [9.17, 15) is 52.7 Å². The minimum atomic E-state index is -1.02. The van der Waals surface area contributed by atoms with Crippen LogP contribution < -0.4 is 23.7 Å². The highest BCUT2D eigenvalue weighted by molar-refractivity contribution is 5.68. The van der Waals surface area contributed by atoms with E-state index in [-0.39, 0.29) is 57.3 Å². The lowest BCUT2D eigenvalue weighted by Gasteiger charge is -2.37. The molecule has 9 aromatic rings. The molecule has 5 nitrogen and oxygen atoms in total. The summed E-state index contributed by atoms with van der Waals surface area (Å²) in [6, 6.07) is 42.0. The van der Waals surface area contributed by atoms with Crippen LogP contribution in [0.25, 0.3) is 16.7 Å². The molecule has 0 N–H and O–H groups in total. The third-order valence-electron chi connectivity index (χ3n) is 28.4. The Bertz CT molecular complexity index is 5280. The highest BCUT2D eigenvalue weighted by atomic mass is 19.2. The van der Waals surface area contributed by atoms with Gasteiger partial charge in [-0.1, -0.05) is 207 Å². The fraction of sp³-hybridized carbons (Fsp3) is 0.464. The van der Waals surface area contributed by atoms with Crippen LogP contribution in [0.2, 0.25) is 0 Å². The Morgan fingerprint density at radius 1 is 0.256 bits per heavy atom. The fourth-order valence-corrected chi connectivity index (χ4v) is 19.8. The number of ether oxygens (including phenoxy) is 5. The summed E-state index contributed by atoms with van der Waals surface area (Å²) >= 11 is 0. The van der Waals surface area contributed by atoms with Gasteiger partial charge in [-0.25, -0.2) is 30.7 Å². The number of allylic oxidation sites excluding steroid dienone is 2. The van der Waals surface area contributed by atoms with Crippen LogP contribution in [0.5, 0.6) is 28.7 Å². The molecule has 0 heterocycles. The second kappa shape index (κ2) is 48.2. The van der Waals surface area contributed by atoms with Gasteiger partial charge in [-0.15, -0.1) is 0 Å². The van der Waals surface area contributed by atoms with E-state index in [1.165, 1.54) is 186 Å². The average molecular weight is 1780 g/mol. The van der Waals surface area contributed by atoms with Gasteiger partial charge in [0.25, 0.3) is 0 Å². The van der Waals surface area contributed by atoms with E-state index in [2.05, 4.69) is 88.6 Å². The first-order chi connectivity index (χ1) is 62.1. The first kappa shape index (κ1) is 99.6. The van der Waals surface area contributed by atoms with Gasteiger partial charge in [0, 0.05) is 22.3 Å². The maximum atomic E-state index is 14.3. The SMILES string of the molecule is COc1ccc(-c2ccc(C3CCC(C)CC3)cc2)c(F)c1F.COc1ccc(C#Cc2ccc(C)cc2)c(F)c1F.COc1ccc(C#Cc2ccc(C3CCC(C)CC3)cc2)c(F)c1F.COc1ccc(C2CCC(C)CC2)c(F)c1F.COc1ccc(C2CCC(C3CCC(C)CC3)CC2)c(F)c1F.Cc1ccc(C2=CCC(C3CCC(C)CC3)CC2)c(F)c1F. The Morgan fingerprint density at radius 3 is 0.953 bits per heavy atom. The Hall–Kier alpha value is -10.0. The number of hydrogen-bond acceptors (Lipinski definition) is 5. The van der Waals surface area contributed by atoms with E-state index < -0.39 is 69.8 Å². The van der Waals surface area contributed by atoms with Crippen molar-refractivity contribution in [1.29, 1.82) is 0 Å². The molecule has 1 atom stereocenters. The van der Waals surface area contributed by atoms with Crippen molar-refractivity contribution < 1.29 is 76.4 Å². The van der Waals surface area contributed by atoms with Gasteiger partial charge in [-0.05, 0) is 312 Å². The van der Waals surface area contributed by atoms with Gasteiger partial charge in [-0.3, -0.25) is 0 Å². The van der Waals surface area contributed by atoms with Crippen molar-refractivity contribution >= 4 is 5.57 Å². The number of hydrogen-bond donors (Lipinski definition) is 0. The first-order valence-electron chi connectivity index (χ1n) is 46.6. The van der Waals surface area contributed by atoms with Crippen molar-refractivity contribution in [2.75, 3.05) is 35.5 Å². The molecule has 0 saturated heterocycles. The van der Waals surface area contributed by atoms with Gasteiger partial charge < -0.3 is 23.7 Å². The standard InChI is InChI=1S/C22H22F2O.C20H28F2O.C20H22F2O.C20H26F2.C16H12F2O.C14H18F2O/c1-15-3-8-17(9-4-15)18-10-5-16(6-11-18)7-12-19-13-14-20(25-2)22(24)21(19)23;2*1-13-3-5-14(6-4-13)15-7-9-16(10-8-15)17-11-12-18(23-2)20(22)19(17)21;1-13-3-6-15(7-4-13)16-8-10-17(11-9-16)18-12-5-14(2)19(21)20(18)22;1-11-3-5-12(6-4-11)7-8-13-9-10-14(19-2)16(18)15(13)17;1-9-3-5-10(6-4-9)11-7-8-12(17-2)14(16)13(11)15/h5-6,10-11,13-15,17H,3-4,8-9H2,1-2H3;11-16H,3-10H2,1-2H3;7-14H,3-6H2,1-2H3;5,10,12-13,15-16H,3-4,6-9,11H2,1-2H3;3-6,9-10H,1-2H3;7-10H,3-6H2,1-2H3. The topological polar surface area (TPSA) is 46.2 Å². The van der Waals surface area contributed by atoms with Crippen LogP contribution in [0.3, 0.4) is 0 Å². The molecule has 6 fully saturated rings. The molecule has 7 aliphatic carbocycles. The molecular formula is C112H128F12O5. The summed E-state index contributed by atoms with van der Waals surface area (Å²) < 4.78 is 190. The molecule has 0 spiro atoms. The number of methoxy groups -OCH3 is 5. The smallest absolute Gasteiger partial charge is 0.201 e. The summed E-state index contributed by atoms with van der Waals surface area (Å²) in [6.45, 7) is 15.1. The largest absolute Gasteiger partial charge is 0.494 e. The Kier molecular flexibility index (Phi) is 37.2. The molecule has 0 bridgehead atoms. The zero-order chi connectivity index (χ0) is 92.5. The summed E-state index contributed by atoms with van der Waals surface area (Å²) in [4.78, 5) is 0. The Labute approximate surface area is 758 Å². The van der Waals surface area contributed by atoms with Gasteiger partial charge >= 0.3 is 0 Å². The van der Waals surface area contributed by atoms with Crippen LogP contribution in [-0.2, 0) is 0 Å². The lowest BCUT2D eigenvalue weighted by molar-refractivity contribution is 0.164. The van der Waals surface area contributed by atoms with Crippen LogP contribution in [0.4, 0.5) is 52.7 Å². The van der Waals surface area contributed by atoms with Gasteiger partial charge in [0.1, 0.15) is 0 Å². The van der Waals surface area contributed by atoms with Crippen molar-refractivity contribution in [1.82, 2.24) is 0 Å². The normalized spacial score (nSPS) is 23.0. The summed E-state index contributed by atoms with van der Waals surface area (Å²) in [6.07, 6.45) is 34.5. The third kappa shape index (κ3) is 26.7. The zero-order valence-electron chi connectivity index (χ0n) is 77.1. The molecule has 17 heteroatoms. The van der Waals surface area contributed by atoms with E-state index >= 15 is 0 Å². The van der Waals surface area contributed by atoms with Crippen LogP contribution in [0, 0.1) is 161 Å². The fourth-order valence-electron chi connectivity index (χ4n) is 19.8. The molecule has 6 saturated carbocycles. The summed E-state index contributed by atoms with van der Waals surface area (Å²) in [5.74, 6) is 9.35. The minimum Gasteiger partial charge on any atom is -0.494 e. The van der Waals surface area contributed by atoms with Gasteiger partial charge in [0.05, 0.1) is 46.7 Å². The molecule has 16 rings (SSSR count). The van der Waals surface area contributed by atoms with Gasteiger partial charge in [0.15, 0.2) is 69.5 Å². The van der Waals surface area contributed by atoms with Crippen molar-refractivity contribution in [2.45, 2.75) is 245 Å². The van der Waals surface area contributed by atoms with E-state index in [1.54, 1.807) is 43.3 Å². The lowest BCUT2D eigenvalue weighted by atomic mass is 9.68.